The van der Waals surface area contributed by atoms with Crippen LogP contribution in [0.2, 0.25) is 0 Å². The number of imidazole rings is 1. The Balaban J connectivity index is 0.00000300. The Morgan fingerprint density at radius 2 is 1.97 bits per heavy atom. The van der Waals surface area contributed by atoms with Gasteiger partial charge in [-0.1, -0.05) is 43.2 Å². The van der Waals surface area contributed by atoms with E-state index in [1.807, 2.05) is 25.5 Å². The third kappa shape index (κ3) is 6.99. The molecule has 0 bridgehead atoms. The predicted octanol–water partition coefficient (Wildman–Crippen LogP) is 3.81. The number of nitrogens with one attached hydrogen (secondary N) is 2. The predicted molar refractivity (Wildman–Crippen MR) is 129 cm³/mol. The fourth-order valence-electron chi connectivity index (χ4n) is 4.04. The standard InChI is InChI=1S/C22H33N5O.HI/c1-23-21(26-18-22(12-15-28-2)10-6-7-11-22)25-16-20-24-13-14-27(20)17-19-8-4-3-5-9-19;/h3-5,8-9,13-14H,6-7,10-12,15-18H2,1-2H3,(H2,23,25,26);1H. The maximum atomic E-state index is 5.34. The third-order valence-electron chi connectivity index (χ3n) is 5.77. The minimum absolute atomic E-state index is 0. The van der Waals surface area contributed by atoms with Crippen LogP contribution in [0.1, 0.15) is 43.5 Å². The van der Waals surface area contributed by atoms with Crippen molar-refractivity contribution in [3.05, 3.63) is 54.1 Å². The summed E-state index contributed by atoms with van der Waals surface area (Å²) in [6.45, 7) is 3.23. The number of halogens is 1. The van der Waals surface area contributed by atoms with Gasteiger partial charge in [0.25, 0.3) is 0 Å². The Labute approximate surface area is 191 Å². The number of aromatic nitrogens is 2. The smallest absolute Gasteiger partial charge is 0.191 e. The van der Waals surface area contributed by atoms with E-state index in [9.17, 15) is 0 Å². The van der Waals surface area contributed by atoms with Crippen LogP contribution >= 0.6 is 24.0 Å². The van der Waals surface area contributed by atoms with Gasteiger partial charge >= 0.3 is 0 Å². The summed E-state index contributed by atoms with van der Waals surface area (Å²) in [6, 6.07) is 10.5. The molecule has 7 heteroatoms. The molecule has 1 aliphatic rings. The summed E-state index contributed by atoms with van der Waals surface area (Å²) in [7, 11) is 3.61. The molecule has 0 radical (unpaired) electrons. The maximum Gasteiger partial charge on any atom is 0.191 e. The molecule has 6 nitrogen and oxygen atoms in total. The van der Waals surface area contributed by atoms with Crippen molar-refractivity contribution in [1.29, 1.82) is 0 Å². The number of guanidine groups is 1. The van der Waals surface area contributed by atoms with Crippen LogP contribution in [0.25, 0.3) is 0 Å². The van der Waals surface area contributed by atoms with E-state index >= 15 is 0 Å². The highest BCUT2D eigenvalue weighted by atomic mass is 127. The van der Waals surface area contributed by atoms with Gasteiger partial charge in [-0.05, 0) is 30.2 Å². The molecule has 160 valence electrons. The quantitative estimate of drug-likeness (QED) is 0.306. The van der Waals surface area contributed by atoms with Gasteiger partial charge in [0.15, 0.2) is 5.96 Å². The van der Waals surface area contributed by atoms with Crippen molar-refractivity contribution in [2.24, 2.45) is 10.4 Å². The molecule has 3 rings (SSSR count). The highest BCUT2D eigenvalue weighted by Gasteiger charge is 2.33. The Hall–Kier alpha value is -1.61. The van der Waals surface area contributed by atoms with Gasteiger partial charge in [-0.3, -0.25) is 4.99 Å². The molecule has 0 aliphatic heterocycles. The van der Waals surface area contributed by atoms with Crippen LogP contribution in [0, 0.1) is 5.41 Å². The fourth-order valence-corrected chi connectivity index (χ4v) is 4.04. The number of hydrogen-bond acceptors (Lipinski definition) is 3. The lowest BCUT2D eigenvalue weighted by molar-refractivity contribution is 0.138. The molecule has 1 heterocycles. The Morgan fingerprint density at radius 3 is 2.66 bits per heavy atom. The number of ether oxygens (including phenoxy) is 1. The second-order valence-electron chi connectivity index (χ2n) is 7.69. The zero-order chi connectivity index (χ0) is 19.7. The molecule has 1 aromatic heterocycles. The van der Waals surface area contributed by atoms with Crippen LogP contribution in [0.3, 0.4) is 0 Å². The van der Waals surface area contributed by atoms with E-state index in [0.29, 0.717) is 12.0 Å². The van der Waals surface area contributed by atoms with Gasteiger partial charge in [0, 0.05) is 46.2 Å². The average molecular weight is 511 g/mol. The van der Waals surface area contributed by atoms with Crippen LogP contribution in [0.4, 0.5) is 0 Å². The van der Waals surface area contributed by atoms with E-state index in [4.69, 9.17) is 4.74 Å². The largest absolute Gasteiger partial charge is 0.385 e. The van der Waals surface area contributed by atoms with Crippen LogP contribution in [0.5, 0.6) is 0 Å². The second-order valence-corrected chi connectivity index (χ2v) is 7.69. The molecule has 0 saturated heterocycles. The number of methoxy groups -OCH3 is 1. The van der Waals surface area contributed by atoms with Gasteiger partial charge in [-0.15, -0.1) is 24.0 Å². The average Bonchev–Trinajstić information content (AvgIpc) is 3.37. The van der Waals surface area contributed by atoms with Gasteiger partial charge in [0.2, 0.25) is 0 Å². The van der Waals surface area contributed by atoms with Gasteiger partial charge < -0.3 is 19.9 Å². The SMILES string of the molecule is CN=C(NCc1nccn1Cc1ccccc1)NCC1(CCOC)CCCC1.I. The first-order valence-corrected chi connectivity index (χ1v) is 10.2. The van der Waals surface area contributed by atoms with Crippen molar-refractivity contribution in [2.75, 3.05) is 27.3 Å². The number of rotatable bonds is 9. The van der Waals surface area contributed by atoms with E-state index in [2.05, 4.69) is 49.4 Å². The molecule has 1 fully saturated rings. The Kier molecular flexibility index (Phi) is 9.93. The molecule has 0 amide bonds. The lowest BCUT2D eigenvalue weighted by atomic mass is 9.83. The van der Waals surface area contributed by atoms with Gasteiger partial charge in [-0.25, -0.2) is 4.98 Å². The summed E-state index contributed by atoms with van der Waals surface area (Å²) in [5.74, 6) is 1.83. The molecule has 2 N–H and O–H groups in total. The van der Waals surface area contributed by atoms with Crippen LogP contribution in [0.15, 0.2) is 47.7 Å². The first kappa shape index (κ1) is 23.7. The zero-order valence-corrected chi connectivity index (χ0v) is 19.9. The highest BCUT2D eigenvalue weighted by Crippen LogP contribution is 2.40. The summed E-state index contributed by atoms with van der Waals surface area (Å²) in [5, 5.41) is 6.96. The minimum Gasteiger partial charge on any atom is -0.385 e. The fraction of sp³-hybridized carbons (Fsp3) is 0.545. The Bertz CT molecular complexity index is 741. The number of hydrogen-bond donors (Lipinski definition) is 2. The Morgan fingerprint density at radius 1 is 1.21 bits per heavy atom. The molecular formula is C22H34IN5O. The summed E-state index contributed by atoms with van der Waals surface area (Å²) >= 11 is 0. The molecule has 1 saturated carbocycles. The number of benzene rings is 1. The first-order chi connectivity index (χ1) is 13.7. The minimum atomic E-state index is 0. The van der Waals surface area contributed by atoms with Gasteiger partial charge in [0.1, 0.15) is 5.82 Å². The second kappa shape index (κ2) is 12.2. The number of aliphatic imine (C=N–C) groups is 1. The van der Waals surface area contributed by atoms with Gasteiger partial charge in [0.05, 0.1) is 6.54 Å². The zero-order valence-electron chi connectivity index (χ0n) is 17.6. The normalized spacial score (nSPS) is 15.7. The lowest BCUT2D eigenvalue weighted by Crippen LogP contribution is -2.43. The molecule has 1 aliphatic carbocycles. The maximum absolute atomic E-state index is 5.34. The molecule has 2 aromatic rings. The molecule has 1 aromatic carbocycles. The molecular weight excluding hydrogens is 477 g/mol. The monoisotopic (exact) mass is 511 g/mol. The lowest BCUT2D eigenvalue weighted by Gasteiger charge is -2.29. The van der Waals surface area contributed by atoms with E-state index in [1.165, 1.54) is 31.2 Å². The molecule has 0 spiro atoms. The highest BCUT2D eigenvalue weighted by molar-refractivity contribution is 14.0. The van der Waals surface area contributed by atoms with Crippen LogP contribution in [-0.4, -0.2) is 42.8 Å². The van der Waals surface area contributed by atoms with Crippen molar-refractivity contribution >= 4 is 29.9 Å². The summed E-state index contributed by atoms with van der Waals surface area (Å²) in [6.07, 6.45) is 10.1. The molecule has 0 atom stereocenters. The van der Waals surface area contributed by atoms with Gasteiger partial charge in [-0.2, -0.15) is 0 Å². The van der Waals surface area contributed by atoms with E-state index in [0.717, 1.165) is 37.9 Å². The first-order valence-electron chi connectivity index (χ1n) is 10.2. The van der Waals surface area contributed by atoms with Crippen molar-refractivity contribution in [3.63, 3.8) is 0 Å². The summed E-state index contributed by atoms with van der Waals surface area (Å²) in [4.78, 5) is 8.91. The summed E-state index contributed by atoms with van der Waals surface area (Å²) in [5.41, 5.74) is 1.60. The van der Waals surface area contributed by atoms with Crippen LogP contribution < -0.4 is 10.6 Å². The molecule has 29 heavy (non-hydrogen) atoms. The van der Waals surface area contributed by atoms with Crippen LogP contribution in [-0.2, 0) is 17.8 Å². The third-order valence-corrected chi connectivity index (χ3v) is 5.77. The van der Waals surface area contributed by atoms with Crippen molar-refractivity contribution in [2.45, 2.75) is 45.2 Å². The number of nitrogens with zero attached hydrogens (tertiary/aromatic N) is 3. The molecule has 0 unspecified atom stereocenters. The van der Waals surface area contributed by atoms with Crippen molar-refractivity contribution in [3.8, 4) is 0 Å². The van der Waals surface area contributed by atoms with Crippen molar-refractivity contribution in [1.82, 2.24) is 20.2 Å². The topological polar surface area (TPSA) is 63.5 Å². The summed E-state index contributed by atoms with van der Waals surface area (Å²) < 4.78 is 7.51. The van der Waals surface area contributed by atoms with Crippen molar-refractivity contribution < 1.29 is 4.74 Å². The van der Waals surface area contributed by atoms with E-state index < -0.39 is 0 Å². The van der Waals surface area contributed by atoms with E-state index in [1.54, 1.807) is 7.11 Å². The van der Waals surface area contributed by atoms with E-state index in [-0.39, 0.29) is 24.0 Å².